The van der Waals surface area contributed by atoms with Gasteiger partial charge in [0, 0.05) is 5.92 Å². The first-order chi connectivity index (χ1) is 11.1. The van der Waals surface area contributed by atoms with Crippen LogP contribution in [-0.2, 0) is 16.0 Å². The Morgan fingerprint density at radius 3 is 2.39 bits per heavy atom. The molecule has 0 radical (unpaired) electrons. The zero-order valence-electron chi connectivity index (χ0n) is 14.3. The van der Waals surface area contributed by atoms with Gasteiger partial charge in [-0.2, -0.15) is 0 Å². The molecule has 0 bridgehead atoms. The van der Waals surface area contributed by atoms with Gasteiger partial charge in [-0.3, -0.25) is 4.79 Å². The lowest BCUT2D eigenvalue weighted by molar-refractivity contribution is -0.121. The smallest absolute Gasteiger partial charge is 0.338 e. The summed E-state index contributed by atoms with van der Waals surface area (Å²) in [5.74, 6) is 0.165. The van der Waals surface area contributed by atoms with E-state index in [0.717, 1.165) is 38.5 Å². The molecule has 0 saturated carbocycles. The van der Waals surface area contributed by atoms with Crippen LogP contribution < -0.4 is 0 Å². The Labute approximate surface area is 139 Å². The van der Waals surface area contributed by atoms with Crippen molar-refractivity contribution in [3.63, 3.8) is 0 Å². The molecule has 126 valence electrons. The van der Waals surface area contributed by atoms with E-state index in [1.54, 1.807) is 26.0 Å². The lowest BCUT2D eigenvalue weighted by Crippen LogP contribution is -2.11. The van der Waals surface area contributed by atoms with E-state index < -0.39 is 0 Å². The largest absolute Gasteiger partial charge is 0.462 e. The van der Waals surface area contributed by atoms with Crippen molar-refractivity contribution >= 4 is 11.8 Å². The van der Waals surface area contributed by atoms with E-state index >= 15 is 0 Å². The molecule has 0 amide bonds. The third kappa shape index (κ3) is 7.27. The minimum Gasteiger partial charge on any atom is -0.462 e. The van der Waals surface area contributed by atoms with E-state index in [9.17, 15) is 9.59 Å². The highest BCUT2D eigenvalue weighted by Crippen LogP contribution is 2.18. The number of carbonyl (C=O) groups is 2. The van der Waals surface area contributed by atoms with Gasteiger partial charge >= 0.3 is 5.97 Å². The summed E-state index contributed by atoms with van der Waals surface area (Å²) in [4.78, 5) is 23.3. The predicted molar refractivity (Wildman–Crippen MR) is 93.6 cm³/mol. The van der Waals surface area contributed by atoms with Crippen LogP contribution >= 0.6 is 0 Å². The fourth-order valence-corrected chi connectivity index (χ4v) is 2.63. The number of unbranched alkanes of at least 4 members (excludes halogenated alkanes) is 1. The fraction of sp³-hybridized carbons (Fsp3) is 0.500. The van der Waals surface area contributed by atoms with Gasteiger partial charge in [0.25, 0.3) is 0 Å². The molecule has 0 spiro atoms. The maximum absolute atomic E-state index is 11.7. The first kappa shape index (κ1) is 19.1. The summed E-state index contributed by atoms with van der Waals surface area (Å²) in [5.41, 5.74) is 1.77. The molecular weight excluding hydrogens is 288 g/mol. The average molecular weight is 316 g/mol. The Hall–Kier alpha value is -1.90. The maximum Gasteiger partial charge on any atom is 0.338 e. The number of hydrogen-bond acceptors (Lipinski definition) is 3. The number of esters is 1. The summed E-state index contributed by atoms with van der Waals surface area (Å²) in [6.45, 7) is 7.59. The fourth-order valence-electron chi connectivity index (χ4n) is 2.63. The summed E-state index contributed by atoms with van der Waals surface area (Å²) in [6, 6.07) is 7.54. The Kier molecular flexibility index (Phi) is 8.96. The molecule has 0 unspecified atom stereocenters. The SMILES string of the molecule is C=CCCC[C@@H](CCCc1ccc(C(=O)OCC)cc1)C(C)=O. The van der Waals surface area contributed by atoms with Crippen molar-refractivity contribution in [2.75, 3.05) is 6.61 Å². The maximum atomic E-state index is 11.7. The van der Waals surface area contributed by atoms with Gasteiger partial charge in [0.15, 0.2) is 0 Å². The number of Topliss-reactive ketones (excluding diaryl/α,β-unsaturated/α-hetero) is 1. The molecule has 0 N–H and O–H groups in total. The van der Waals surface area contributed by atoms with Crippen molar-refractivity contribution in [1.29, 1.82) is 0 Å². The van der Waals surface area contributed by atoms with Crippen molar-refractivity contribution in [3.05, 3.63) is 48.0 Å². The van der Waals surface area contributed by atoms with Crippen LogP contribution in [0.1, 0.15) is 61.9 Å². The molecule has 0 aromatic heterocycles. The summed E-state index contributed by atoms with van der Waals surface area (Å²) in [6.07, 6.45) is 7.68. The lowest BCUT2D eigenvalue weighted by atomic mass is 9.91. The van der Waals surface area contributed by atoms with Gasteiger partial charge in [0.2, 0.25) is 0 Å². The molecule has 0 saturated heterocycles. The van der Waals surface area contributed by atoms with Crippen LogP contribution in [0.25, 0.3) is 0 Å². The minimum atomic E-state index is -0.280. The number of ether oxygens (including phenoxy) is 1. The number of carbonyl (C=O) groups excluding carboxylic acids is 2. The molecule has 23 heavy (non-hydrogen) atoms. The Morgan fingerprint density at radius 1 is 1.17 bits per heavy atom. The van der Waals surface area contributed by atoms with E-state index in [-0.39, 0.29) is 17.7 Å². The second-order valence-electron chi connectivity index (χ2n) is 5.84. The number of allylic oxidation sites excluding steroid dienone is 1. The van der Waals surface area contributed by atoms with Crippen molar-refractivity contribution in [3.8, 4) is 0 Å². The minimum absolute atomic E-state index is 0.161. The second kappa shape index (κ2) is 10.8. The highest BCUT2D eigenvalue weighted by molar-refractivity contribution is 5.89. The molecular formula is C20H28O3. The standard InChI is InChI=1S/C20H28O3/c1-4-6-7-10-18(16(3)21)11-8-9-17-12-14-19(15-13-17)20(22)23-5-2/h4,12-15,18H,1,5-11H2,2-3H3/t18-/m0/s1. The van der Waals surface area contributed by atoms with Crippen LogP contribution in [0.4, 0.5) is 0 Å². The molecule has 1 atom stereocenters. The van der Waals surface area contributed by atoms with E-state index in [1.165, 1.54) is 5.56 Å². The van der Waals surface area contributed by atoms with Gasteiger partial charge in [0.1, 0.15) is 5.78 Å². The molecule has 0 aliphatic rings. The predicted octanol–water partition coefficient (Wildman–Crippen LogP) is 4.75. The van der Waals surface area contributed by atoms with Crippen LogP contribution in [0.15, 0.2) is 36.9 Å². The molecule has 1 rings (SSSR count). The number of benzene rings is 1. The van der Waals surface area contributed by atoms with E-state index in [1.807, 2.05) is 18.2 Å². The van der Waals surface area contributed by atoms with Gasteiger partial charge in [-0.25, -0.2) is 4.79 Å². The van der Waals surface area contributed by atoms with Gasteiger partial charge < -0.3 is 4.74 Å². The topological polar surface area (TPSA) is 43.4 Å². The van der Waals surface area contributed by atoms with Gasteiger partial charge in [-0.05, 0) is 70.1 Å². The van der Waals surface area contributed by atoms with Crippen LogP contribution in [0, 0.1) is 5.92 Å². The summed E-state index contributed by atoms with van der Waals surface area (Å²) >= 11 is 0. The molecule has 0 aliphatic heterocycles. The van der Waals surface area contributed by atoms with E-state index in [4.69, 9.17) is 4.74 Å². The second-order valence-corrected chi connectivity index (χ2v) is 5.84. The van der Waals surface area contributed by atoms with Crippen LogP contribution in [-0.4, -0.2) is 18.4 Å². The van der Waals surface area contributed by atoms with Crippen LogP contribution in [0.3, 0.4) is 0 Å². The zero-order chi connectivity index (χ0) is 17.1. The number of aryl methyl sites for hydroxylation is 1. The molecule has 0 aliphatic carbocycles. The summed E-state index contributed by atoms with van der Waals surface area (Å²) in [7, 11) is 0. The van der Waals surface area contributed by atoms with Gasteiger partial charge in [-0.1, -0.05) is 18.2 Å². The number of hydrogen-bond donors (Lipinski definition) is 0. The highest BCUT2D eigenvalue weighted by atomic mass is 16.5. The first-order valence-electron chi connectivity index (χ1n) is 8.45. The summed E-state index contributed by atoms with van der Waals surface area (Å²) in [5, 5.41) is 0. The third-order valence-electron chi connectivity index (χ3n) is 4.02. The molecule has 1 aromatic rings. The lowest BCUT2D eigenvalue weighted by Gasteiger charge is -2.13. The molecule has 0 fully saturated rings. The van der Waals surface area contributed by atoms with E-state index in [2.05, 4.69) is 6.58 Å². The van der Waals surface area contributed by atoms with Crippen molar-refractivity contribution in [2.24, 2.45) is 5.92 Å². The molecule has 1 aromatic carbocycles. The van der Waals surface area contributed by atoms with Crippen molar-refractivity contribution < 1.29 is 14.3 Å². The highest BCUT2D eigenvalue weighted by Gasteiger charge is 2.13. The Morgan fingerprint density at radius 2 is 1.83 bits per heavy atom. The van der Waals surface area contributed by atoms with Crippen molar-refractivity contribution in [2.45, 2.75) is 52.4 Å². The van der Waals surface area contributed by atoms with Crippen LogP contribution in [0.2, 0.25) is 0 Å². The zero-order valence-corrected chi connectivity index (χ0v) is 14.3. The Bertz CT molecular complexity index is 502. The molecule has 3 heteroatoms. The average Bonchev–Trinajstić information content (AvgIpc) is 2.54. The first-order valence-corrected chi connectivity index (χ1v) is 8.45. The van der Waals surface area contributed by atoms with Gasteiger partial charge in [-0.15, -0.1) is 6.58 Å². The monoisotopic (exact) mass is 316 g/mol. The third-order valence-corrected chi connectivity index (χ3v) is 4.02. The summed E-state index contributed by atoms with van der Waals surface area (Å²) < 4.78 is 4.97. The number of rotatable bonds is 11. The quantitative estimate of drug-likeness (QED) is 0.336. The molecule has 3 nitrogen and oxygen atoms in total. The number of ketones is 1. The Balaban J connectivity index is 2.42. The van der Waals surface area contributed by atoms with E-state index in [0.29, 0.717) is 12.2 Å². The molecule has 0 heterocycles. The normalized spacial score (nSPS) is 11.7. The van der Waals surface area contributed by atoms with Crippen molar-refractivity contribution in [1.82, 2.24) is 0 Å². The van der Waals surface area contributed by atoms with Gasteiger partial charge in [0.05, 0.1) is 12.2 Å². The van der Waals surface area contributed by atoms with Crippen LogP contribution in [0.5, 0.6) is 0 Å².